The molecule has 1 aromatic carbocycles. The number of hydrogen-bond acceptors (Lipinski definition) is 9. The van der Waals surface area contributed by atoms with Gasteiger partial charge >= 0.3 is 11.9 Å². The van der Waals surface area contributed by atoms with Crippen LogP contribution in [0, 0.1) is 0 Å². The molecular formula is C24H25Cl2NO8. The minimum Gasteiger partial charge on any atom is -0.466 e. The highest BCUT2D eigenvalue weighted by Crippen LogP contribution is 2.46. The molecule has 0 radical (unpaired) electrons. The maximum atomic E-state index is 14.1. The highest BCUT2D eigenvalue weighted by atomic mass is 35.5. The molecule has 0 bridgehead atoms. The third-order valence-electron chi connectivity index (χ3n) is 6.48. The Bertz CT molecular complexity index is 1160. The molecule has 3 aliphatic heterocycles. The van der Waals surface area contributed by atoms with Gasteiger partial charge in [0, 0.05) is 29.8 Å². The highest BCUT2D eigenvalue weighted by molar-refractivity contribution is 6.42. The number of halogens is 2. The maximum Gasteiger partial charge on any atom is 0.336 e. The van der Waals surface area contributed by atoms with Gasteiger partial charge in [-0.3, -0.25) is 9.59 Å². The molecule has 0 amide bonds. The van der Waals surface area contributed by atoms with Gasteiger partial charge in [0.1, 0.15) is 12.2 Å². The highest BCUT2D eigenvalue weighted by Gasteiger charge is 2.62. The SMILES string of the molecule is COC(=O)C1=C(C)NC(C)=C(C(=O)[C@@]2(O)CO[C@@H]3[C@@H](OC(C)=O)CO[C@@H]32)C1c1cccc(Cl)c1Cl. The molecule has 2 N–H and O–H groups in total. The Kier molecular flexibility index (Phi) is 7.00. The Morgan fingerprint density at radius 1 is 1.14 bits per heavy atom. The molecule has 1 aromatic rings. The Balaban J connectivity index is 1.80. The van der Waals surface area contributed by atoms with Crippen LogP contribution in [-0.2, 0) is 33.3 Å². The molecule has 2 saturated heterocycles. The Morgan fingerprint density at radius 3 is 2.49 bits per heavy atom. The number of carbonyl (C=O) groups is 3. The van der Waals surface area contributed by atoms with Crippen molar-refractivity contribution in [1.29, 1.82) is 0 Å². The number of carbonyl (C=O) groups excluding carboxylic acids is 3. The van der Waals surface area contributed by atoms with Crippen molar-refractivity contribution >= 4 is 40.9 Å². The molecule has 5 atom stereocenters. The van der Waals surface area contributed by atoms with Gasteiger partial charge in [0.25, 0.3) is 0 Å². The quantitative estimate of drug-likeness (QED) is 0.558. The fourth-order valence-corrected chi connectivity index (χ4v) is 5.38. The van der Waals surface area contributed by atoms with Crippen LogP contribution >= 0.6 is 23.2 Å². The van der Waals surface area contributed by atoms with E-state index in [1.165, 1.54) is 14.0 Å². The normalized spacial score (nSPS) is 30.1. The van der Waals surface area contributed by atoms with Crippen LogP contribution in [0.1, 0.15) is 32.3 Å². The standard InChI is InChI=1S/C24H25Cl2NO8/c1-10-16(21(29)24(31)9-34-20-15(35-12(3)28)8-33-22(20)24)18(13-6-5-7-14(25)19(13)26)17(11(2)27-10)23(30)32-4/h5-7,15,18,20,22,27,31H,8-9H2,1-4H3/t15-,18?,20+,22-,24-/m0/s1. The average molecular weight is 526 g/mol. The van der Waals surface area contributed by atoms with Gasteiger partial charge in [-0.25, -0.2) is 4.79 Å². The third-order valence-corrected chi connectivity index (χ3v) is 7.32. The molecule has 4 rings (SSSR count). The van der Waals surface area contributed by atoms with E-state index < -0.39 is 47.6 Å². The van der Waals surface area contributed by atoms with Gasteiger partial charge < -0.3 is 29.4 Å². The fourth-order valence-electron chi connectivity index (χ4n) is 4.97. The van der Waals surface area contributed by atoms with Crippen LogP contribution in [0.4, 0.5) is 0 Å². The number of nitrogens with one attached hydrogen (secondary N) is 1. The lowest BCUT2D eigenvalue weighted by atomic mass is 9.74. The molecule has 9 nitrogen and oxygen atoms in total. The van der Waals surface area contributed by atoms with Gasteiger partial charge in [-0.2, -0.15) is 0 Å². The van der Waals surface area contributed by atoms with E-state index in [0.29, 0.717) is 17.0 Å². The van der Waals surface area contributed by atoms with Crippen LogP contribution in [0.15, 0.2) is 40.7 Å². The van der Waals surface area contributed by atoms with Crippen LogP contribution in [-0.4, -0.2) is 67.1 Å². The van der Waals surface area contributed by atoms with E-state index in [1.54, 1.807) is 32.0 Å². The zero-order valence-corrected chi connectivity index (χ0v) is 21.0. The lowest BCUT2D eigenvalue weighted by Gasteiger charge is -2.35. The van der Waals surface area contributed by atoms with Crippen LogP contribution in [0.5, 0.6) is 0 Å². The van der Waals surface area contributed by atoms with Crippen molar-refractivity contribution in [2.45, 2.75) is 50.6 Å². The lowest BCUT2D eigenvalue weighted by molar-refractivity contribution is -0.153. The predicted octanol–water partition coefficient (Wildman–Crippen LogP) is 2.43. The van der Waals surface area contributed by atoms with E-state index in [2.05, 4.69) is 5.32 Å². The van der Waals surface area contributed by atoms with Crippen LogP contribution < -0.4 is 5.32 Å². The molecule has 2 fully saturated rings. The van der Waals surface area contributed by atoms with Crippen LogP contribution in [0.2, 0.25) is 10.0 Å². The number of benzene rings is 1. The van der Waals surface area contributed by atoms with E-state index >= 15 is 0 Å². The van der Waals surface area contributed by atoms with Crippen molar-refractivity contribution in [3.8, 4) is 0 Å². The first kappa shape index (κ1) is 25.7. The van der Waals surface area contributed by atoms with Gasteiger partial charge in [-0.15, -0.1) is 0 Å². The van der Waals surface area contributed by atoms with Crippen LogP contribution in [0.25, 0.3) is 0 Å². The molecule has 11 heteroatoms. The summed E-state index contributed by atoms with van der Waals surface area (Å²) >= 11 is 12.8. The monoisotopic (exact) mass is 525 g/mol. The smallest absolute Gasteiger partial charge is 0.336 e. The Labute approximate surface area is 211 Å². The number of ether oxygens (including phenoxy) is 4. The molecular weight excluding hydrogens is 501 g/mol. The first-order valence-electron chi connectivity index (χ1n) is 10.9. The van der Waals surface area contributed by atoms with E-state index in [4.69, 9.17) is 42.1 Å². The second-order valence-corrected chi connectivity index (χ2v) is 9.49. The number of esters is 2. The van der Waals surface area contributed by atoms with E-state index in [0.717, 1.165) is 0 Å². The van der Waals surface area contributed by atoms with Crippen molar-refractivity contribution < 1.29 is 38.4 Å². The summed E-state index contributed by atoms with van der Waals surface area (Å²) in [7, 11) is 1.23. The minimum atomic E-state index is -2.10. The van der Waals surface area contributed by atoms with E-state index in [-0.39, 0.29) is 34.4 Å². The maximum absolute atomic E-state index is 14.1. The molecule has 0 saturated carbocycles. The third kappa shape index (κ3) is 4.25. The Hall–Kier alpha value is -2.43. The second kappa shape index (κ2) is 9.55. The average Bonchev–Trinajstić information content (AvgIpc) is 3.35. The van der Waals surface area contributed by atoms with Crippen molar-refractivity contribution in [2.24, 2.45) is 0 Å². The van der Waals surface area contributed by atoms with Crippen molar-refractivity contribution in [1.82, 2.24) is 5.32 Å². The van der Waals surface area contributed by atoms with Crippen LogP contribution in [0.3, 0.4) is 0 Å². The number of aliphatic hydroxyl groups is 1. The molecule has 0 spiro atoms. The van der Waals surface area contributed by atoms with Gasteiger partial charge in [0.05, 0.1) is 35.9 Å². The van der Waals surface area contributed by atoms with Gasteiger partial charge in [0.2, 0.25) is 0 Å². The zero-order valence-electron chi connectivity index (χ0n) is 19.5. The van der Waals surface area contributed by atoms with E-state index in [1.807, 2.05) is 0 Å². The molecule has 3 heterocycles. The molecule has 1 unspecified atom stereocenters. The lowest BCUT2D eigenvalue weighted by Crippen LogP contribution is -2.53. The van der Waals surface area contributed by atoms with Gasteiger partial charge in [-0.05, 0) is 25.5 Å². The summed E-state index contributed by atoms with van der Waals surface area (Å²) < 4.78 is 21.6. The summed E-state index contributed by atoms with van der Waals surface area (Å²) in [5, 5.41) is 15.0. The minimum absolute atomic E-state index is 0.0310. The number of allylic oxidation sites excluding steroid dienone is 2. The van der Waals surface area contributed by atoms with Gasteiger partial charge in [-0.1, -0.05) is 35.3 Å². The number of Topliss-reactive ketones (excluding diaryl/α,β-unsaturated/α-hetero) is 1. The number of methoxy groups -OCH3 is 1. The molecule has 3 aliphatic rings. The number of fused-ring (bicyclic) bond motifs is 1. The molecule has 35 heavy (non-hydrogen) atoms. The largest absolute Gasteiger partial charge is 0.466 e. The topological polar surface area (TPSA) is 120 Å². The van der Waals surface area contributed by atoms with E-state index in [9.17, 15) is 19.5 Å². The summed E-state index contributed by atoms with van der Waals surface area (Å²) in [5.74, 6) is -2.91. The summed E-state index contributed by atoms with van der Waals surface area (Å²) in [6, 6.07) is 4.90. The first-order chi connectivity index (χ1) is 16.5. The molecule has 0 aliphatic carbocycles. The number of dihydropyridines is 1. The summed E-state index contributed by atoms with van der Waals surface area (Å²) in [4.78, 5) is 38.4. The molecule has 188 valence electrons. The zero-order chi connectivity index (χ0) is 25.7. The van der Waals surface area contributed by atoms with Crippen molar-refractivity contribution in [2.75, 3.05) is 20.3 Å². The predicted molar refractivity (Wildman–Crippen MR) is 125 cm³/mol. The summed E-state index contributed by atoms with van der Waals surface area (Å²) in [6.45, 7) is 4.17. The van der Waals surface area contributed by atoms with Gasteiger partial charge in [0.15, 0.2) is 17.5 Å². The summed E-state index contributed by atoms with van der Waals surface area (Å²) in [6.07, 6.45) is -2.66. The van der Waals surface area contributed by atoms with Crippen molar-refractivity contribution in [3.05, 3.63) is 56.3 Å². The number of hydrogen-bond donors (Lipinski definition) is 2. The fraction of sp³-hybridized carbons (Fsp3) is 0.458. The first-order valence-corrected chi connectivity index (χ1v) is 11.6. The summed E-state index contributed by atoms with van der Waals surface area (Å²) in [5.41, 5.74) is -0.596. The number of ketones is 1. The number of rotatable bonds is 5. The Morgan fingerprint density at radius 2 is 1.83 bits per heavy atom. The molecule has 0 aromatic heterocycles. The van der Waals surface area contributed by atoms with Crippen molar-refractivity contribution in [3.63, 3.8) is 0 Å². The second-order valence-electron chi connectivity index (χ2n) is 8.70.